The lowest BCUT2D eigenvalue weighted by molar-refractivity contribution is -0.305. The minimum Gasteiger partial charge on any atom is -0.454 e. The number of aliphatic hydroxyl groups excluding tert-OH is 5. The van der Waals surface area contributed by atoms with E-state index in [1.807, 2.05) is 6.08 Å². The number of aliphatic hydroxyl groups is 5. The van der Waals surface area contributed by atoms with Gasteiger partial charge < -0.3 is 45.1 Å². The highest BCUT2D eigenvalue weighted by Crippen LogP contribution is 2.26. The number of amides is 1. The molecule has 0 saturated carbocycles. The summed E-state index contributed by atoms with van der Waals surface area (Å²) in [4.78, 5) is 26.7. The third kappa shape index (κ3) is 48.0. The molecule has 0 aromatic rings. The van der Waals surface area contributed by atoms with Crippen LogP contribution in [0.4, 0.5) is 0 Å². The quantitative estimate of drug-likeness (QED) is 0.0195. The van der Waals surface area contributed by atoms with Crippen LogP contribution in [0.2, 0.25) is 0 Å². The molecule has 0 bridgehead atoms. The normalized spacial score (nSPS) is 19.1. The predicted octanol–water partition coefficient (Wildman–Crippen LogP) is 17.6. The van der Waals surface area contributed by atoms with Crippen molar-refractivity contribution in [2.45, 2.75) is 333 Å². The Morgan fingerprint density at radius 3 is 1.29 bits per heavy atom. The Hall–Kier alpha value is -3.68. The molecule has 0 spiro atoms. The maximum absolute atomic E-state index is 13.5. The third-order valence-electron chi connectivity index (χ3n) is 15.7. The zero-order valence-corrected chi connectivity index (χ0v) is 54.2. The van der Waals surface area contributed by atoms with Crippen LogP contribution >= 0.6 is 0 Å². The van der Waals surface area contributed by atoms with Gasteiger partial charge in [0.1, 0.15) is 24.4 Å². The summed E-state index contributed by atoms with van der Waals surface area (Å²) < 4.78 is 17.7. The number of rotatable bonds is 58. The first-order chi connectivity index (χ1) is 41.7. The zero-order chi connectivity index (χ0) is 61.7. The van der Waals surface area contributed by atoms with Gasteiger partial charge in [-0.25, -0.2) is 0 Å². The summed E-state index contributed by atoms with van der Waals surface area (Å²) in [5.74, 6) is -1.22. The number of allylic oxidation sites excluding steroid dienone is 17. The fourth-order valence-corrected chi connectivity index (χ4v) is 10.2. The van der Waals surface area contributed by atoms with Gasteiger partial charge in [-0.1, -0.05) is 278 Å². The lowest BCUT2D eigenvalue weighted by Gasteiger charge is -2.41. The highest BCUT2D eigenvalue weighted by atomic mass is 16.7. The second-order valence-electron chi connectivity index (χ2n) is 23.5. The minimum absolute atomic E-state index is 0.109. The summed E-state index contributed by atoms with van der Waals surface area (Å²) in [6.45, 7) is 5.65. The van der Waals surface area contributed by atoms with E-state index in [1.165, 1.54) is 109 Å². The largest absolute Gasteiger partial charge is 0.454 e. The number of unbranched alkanes of at least 4 members (excludes halogenated alkanes) is 28. The Labute approximate surface area is 519 Å². The molecule has 1 amide bonds. The summed E-state index contributed by atoms with van der Waals surface area (Å²) in [6, 6.07) is -1.04. The Bertz CT molecular complexity index is 1800. The molecule has 85 heavy (non-hydrogen) atoms. The molecule has 8 atom stereocenters. The summed E-state index contributed by atoms with van der Waals surface area (Å²) in [5.41, 5.74) is 0. The van der Waals surface area contributed by atoms with Gasteiger partial charge in [0.15, 0.2) is 12.4 Å². The molecular formula is C74H127NO10. The summed E-state index contributed by atoms with van der Waals surface area (Å²) in [5, 5.41) is 57.2. The first-order valence-corrected chi connectivity index (χ1v) is 34.7. The highest BCUT2D eigenvalue weighted by Gasteiger charge is 2.47. The van der Waals surface area contributed by atoms with Crippen molar-refractivity contribution in [3.05, 3.63) is 109 Å². The van der Waals surface area contributed by atoms with Gasteiger partial charge in [0, 0.05) is 6.42 Å². The molecule has 0 aromatic heterocycles. The van der Waals surface area contributed by atoms with Crippen LogP contribution in [0, 0.1) is 0 Å². The van der Waals surface area contributed by atoms with E-state index in [4.69, 9.17) is 14.2 Å². The SMILES string of the molecule is CC/C=C\C/C=C\C/C=C\C/C=C\C/C=C\CCCCCCCCCCCC(=O)OC1C(OCC(NC(=O)C(O)CCCCCCC/C=C\C/C=C\C/C=C\CCCCC)C(O)/C=C/CCCCCCCCCCCCC)OC(CO)C(O)C1O. The number of carbonyl (C=O) groups excluding carboxylic acids is 2. The zero-order valence-electron chi connectivity index (χ0n) is 54.2. The third-order valence-corrected chi connectivity index (χ3v) is 15.7. The van der Waals surface area contributed by atoms with Gasteiger partial charge in [-0.15, -0.1) is 0 Å². The molecular weight excluding hydrogens is 1060 g/mol. The van der Waals surface area contributed by atoms with Gasteiger partial charge in [-0.05, 0) is 109 Å². The van der Waals surface area contributed by atoms with Crippen molar-refractivity contribution in [2.24, 2.45) is 0 Å². The molecule has 1 fully saturated rings. The number of esters is 1. The molecule has 1 rings (SSSR count). The van der Waals surface area contributed by atoms with E-state index in [0.29, 0.717) is 12.8 Å². The first kappa shape index (κ1) is 79.3. The second-order valence-corrected chi connectivity index (χ2v) is 23.5. The van der Waals surface area contributed by atoms with Gasteiger partial charge in [-0.2, -0.15) is 0 Å². The monoisotopic (exact) mass is 1190 g/mol. The fraction of sp³-hybridized carbons (Fsp3) is 0.730. The van der Waals surface area contributed by atoms with Gasteiger partial charge in [0.25, 0.3) is 0 Å². The summed E-state index contributed by atoms with van der Waals surface area (Å²) >= 11 is 0. The standard InChI is InChI=1S/C74H127NO10/c1-4-7-10-13-16-19-22-25-27-29-31-32-33-34-35-36-37-39-41-44-47-50-53-56-59-62-69(79)85-72-71(81)70(80)68(63-76)84-74(72)83-64-65(66(77)60-57-54-51-48-45-42-24-21-18-15-12-9-6-3)75-73(82)67(78)61-58-55-52-49-46-43-40-38-30-28-26-23-20-17-14-11-8-5-2/h7,10,16-17,19-20,25-28,31-32,34-35,38,40,57,60,65-68,70-72,74,76-78,80-81H,4-6,8-9,11-15,18,21-24,29-30,33,36-37,39,41-56,58-59,61-64H2,1-3H3,(H,75,82)/b10-7-,19-16-,20-17-,27-25-,28-26-,32-31-,35-34-,40-38-,60-57+. The Morgan fingerprint density at radius 1 is 0.471 bits per heavy atom. The van der Waals surface area contributed by atoms with E-state index in [2.05, 4.69) is 123 Å². The summed E-state index contributed by atoms with van der Waals surface area (Å²) in [6.07, 6.45) is 72.5. The van der Waals surface area contributed by atoms with Crippen molar-refractivity contribution in [3.63, 3.8) is 0 Å². The van der Waals surface area contributed by atoms with Crippen molar-refractivity contribution in [2.75, 3.05) is 13.2 Å². The minimum atomic E-state index is -1.63. The predicted molar refractivity (Wildman–Crippen MR) is 356 cm³/mol. The molecule has 488 valence electrons. The van der Waals surface area contributed by atoms with Gasteiger partial charge in [0.2, 0.25) is 5.91 Å². The van der Waals surface area contributed by atoms with Crippen LogP contribution in [0.25, 0.3) is 0 Å². The molecule has 11 nitrogen and oxygen atoms in total. The van der Waals surface area contributed by atoms with Crippen LogP contribution in [0.15, 0.2) is 109 Å². The van der Waals surface area contributed by atoms with Crippen LogP contribution in [0.3, 0.4) is 0 Å². The molecule has 1 saturated heterocycles. The Kier molecular flexibility index (Phi) is 56.6. The molecule has 1 aliphatic rings. The number of carbonyl (C=O) groups is 2. The van der Waals surface area contributed by atoms with Gasteiger partial charge >= 0.3 is 5.97 Å². The number of hydrogen-bond donors (Lipinski definition) is 6. The number of ether oxygens (including phenoxy) is 3. The van der Waals surface area contributed by atoms with Crippen LogP contribution in [0.5, 0.6) is 0 Å². The lowest BCUT2D eigenvalue weighted by Crippen LogP contribution is -2.61. The molecule has 1 heterocycles. The molecule has 8 unspecified atom stereocenters. The number of nitrogens with one attached hydrogen (secondary N) is 1. The molecule has 0 radical (unpaired) electrons. The van der Waals surface area contributed by atoms with E-state index in [-0.39, 0.29) is 19.4 Å². The Balaban J connectivity index is 2.62. The fourth-order valence-electron chi connectivity index (χ4n) is 10.2. The van der Waals surface area contributed by atoms with Crippen LogP contribution in [-0.2, 0) is 23.8 Å². The molecule has 0 aromatic carbocycles. The van der Waals surface area contributed by atoms with Crippen molar-refractivity contribution in [3.8, 4) is 0 Å². The summed E-state index contributed by atoms with van der Waals surface area (Å²) in [7, 11) is 0. The lowest BCUT2D eigenvalue weighted by atomic mass is 9.99. The smallest absolute Gasteiger partial charge is 0.306 e. The molecule has 1 aliphatic heterocycles. The topological polar surface area (TPSA) is 175 Å². The van der Waals surface area contributed by atoms with E-state index in [1.54, 1.807) is 6.08 Å². The van der Waals surface area contributed by atoms with Crippen LogP contribution < -0.4 is 5.32 Å². The maximum Gasteiger partial charge on any atom is 0.306 e. The highest BCUT2D eigenvalue weighted by molar-refractivity contribution is 5.80. The van der Waals surface area contributed by atoms with E-state index in [0.717, 1.165) is 128 Å². The second kappa shape index (κ2) is 60.6. The molecule has 0 aliphatic carbocycles. The van der Waals surface area contributed by atoms with E-state index < -0.39 is 67.4 Å². The van der Waals surface area contributed by atoms with Crippen molar-refractivity contribution >= 4 is 11.9 Å². The maximum atomic E-state index is 13.5. The van der Waals surface area contributed by atoms with Crippen molar-refractivity contribution in [1.82, 2.24) is 5.32 Å². The van der Waals surface area contributed by atoms with E-state index >= 15 is 0 Å². The molecule has 6 N–H and O–H groups in total. The van der Waals surface area contributed by atoms with Crippen LogP contribution in [-0.4, -0.2) is 99.6 Å². The Morgan fingerprint density at radius 2 is 0.847 bits per heavy atom. The first-order valence-electron chi connectivity index (χ1n) is 34.7. The average molecular weight is 1190 g/mol. The van der Waals surface area contributed by atoms with Crippen molar-refractivity contribution in [1.29, 1.82) is 0 Å². The van der Waals surface area contributed by atoms with Crippen LogP contribution in [0.1, 0.15) is 284 Å². The number of hydrogen-bond acceptors (Lipinski definition) is 10. The van der Waals surface area contributed by atoms with Crippen molar-refractivity contribution < 1.29 is 49.3 Å². The van der Waals surface area contributed by atoms with Gasteiger partial charge in [0.05, 0.1) is 25.4 Å². The van der Waals surface area contributed by atoms with Gasteiger partial charge in [-0.3, -0.25) is 9.59 Å². The average Bonchev–Trinajstić information content (AvgIpc) is 3.34. The molecule has 11 heteroatoms. The van der Waals surface area contributed by atoms with E-state index in [9.17, 15) is 35.1 Å².